The van der Waals surface area contributed by atoms with Crippen LogP contribution in [0.25, 0.3) is 0 Å². The van der Waals surface area contributed by atoms with Crippen LogP contribution in [0.1, 0.15) is 74.4 Å². The number of nitrogens with two attached hydrogens (primary N) is 1. The van der Waals surface area contributed by atoms with Gasteiger partial charge < -0.3 is 30.9 Å². The highest BCUT2D eigenvalue weighted by atomic mass is 16.5. The molecular formula is C31H38N2O9. The Morgan fingerprint density at radius 1 is 1.10 bits per heavy atom. The summed E-state index contributed by atoms with van der Waals surface area (Å²) in [6, 6.07) is 2.13. The summed E-state index contributed by atoms with van der Waals surface area (Å²) in [5.41, 5.74) is 1.48. The van der Waals surface area contributed by atoms with Gasteiger partial charge >= 0.3 is 5.97 Å². The Bertz CT molecular complexity index is 1480. The van der Waals surface area contributed by atoms with E-state index in [0.29, 0.717) is 24.0 Å². The minimum absolute atomic E-state index is 0.0835. The van der Waals surface area contributed by atoms with Gasteiger partial charge in [0.1, 0.15) is 28.9 Å². The van der Waals surface area contributed by atoms with Crippen LogP contribution in [-0.4, -0.2) is 80.6 Å². The molecule has 0 unspecified atom stereocenters. The topological polar surface area (TPSA) is 188 Å². The van der Waals surface area contributed by atoms with Gasteiger partial charge in [-0.05, 0) is 43.8 Å². The number of carbonyl (C=O) groups excluding carboxylic acids is 4. The quantitative estimate of drug-likeness (QED) is 0.260. The molecule has 0 spiro atoms. The number of aliphatic hydroxyl groups is 3. The molecule has 11 heteroatoms. The number of amides is 1. The van der Waals surface area contributed by atoms with Crippen molar-refractivity contribution in [3.63, 3.8) is 0 Å². The lowest BCUT2D eigenvalue weighted by Crippen LogP contribution is -2.69. The van der Waals surface area contributed by atoms with Crippen molar-refractivity contribution in [2.45, 2.75) is 76.0 Å². The second kappa shape index (κ2) is 9.67. The smallest absolute Gasteiger partial charge is 0.309 e. The van der Waals surface area contributed by atoms with E-state index < -0.39 is 92.9 Å². The van der Waals surface area contributed by atoms with Gasteiger partial charge in [0.05, 0.1) is 23.4 Å². The molecule has 226 valence electrons. The van der Waals surface area contributed by atoms with Crippen LogP contribution < -0.4 is 5.73 Å². The SMILES string of the molecule is C[C@H]1c2ccc(C(C)(C)C)c(O)c2C(=O)C2=C(O)[C@]3(O)C(=O)C(C(N)=O)=C(O)[C@@H](N(C)C)[C@@H]3[C@@H](OC(=O)C3CCC3)[C@@H]21. The minimum Gasteiger partial charge on any atom is -0.510 e. The first-order valence-electron chi connectivity index (χ1n) is 14.2. The molecule has 5 rings (SSSR count). The number of benzene rings is 1. The molecule has 1 saturated carbocycles. The van der Waals surface area contributed by atoms with Gasteiger partial charge in [-0.25, -0.2) is 0 Å². The third-order valence-electron chi connectivity index (χ3n) is 9.60. The number of hydrogen-bond donors (Lipinski definition) is 5. The van der Waals surface area contributed by atoms with E-state index in [0.717, 1.165) is 6.42 Å². The number of aliphatic hydroxyl groups excluding tert-OH is 2. The number of primary amides is 1. The van der Waals surface area contributed by atoms with E-state index in [-0.39, 0.29) is 11.3 Å². The number of phenols is 1. The number of phenolic OH excluding ortho intramolecular Hbond substituents is 1. The number of aromatic hydroxyl groups is 1. The van der Waals surface area contributed by atoms with Crippen LogP contribution in [0.5, 0.6) is 5.75 Å². The zero-order valence-corrected chi connectivity index (χ0v) is 24.6. The van der Waals surface area contributed by atoms with Crippen LogP contribution in [0.2, 0.25) is 0 Å². The van der Waals surface area contributed by atoms with Crippen LogP contribution in [0.4, 0.5) is 0 Å². The van der Waals surface area contributed by atoms with Gasteiger partial charge in [-0.15, -0.1) is 0 Å². The molecule has 0 aliphatic heterocycles. The molecule has 1 amide bonds. The van der Waals surface area contributed by atoms with E-state index >= 15 is 0 Å². The number of likely N-dealkylation sites (N-methyl/N-ethyl adjacent to an activating group) is 1. The van der Waals surface area contributed by atoms with E-state index in [1.165, 1.54) is 19.0 Å². The van der Waals surface area contributed by atoms with Gasteiger partial charge in [0.2, 0.25) is 5.78 Å². The third-order valence-corrected chi connectivity index (χ3v) is 9.60. The van der Waals surface area contributed by atoms with Crippen molar-refractivity contribution in [3.05, 3.63) is 51.5 Å². The summed E-state index contributed by atoms with van der Waals surface area (Å²) in [6.45, 7) is 7.33. The van der Waals surface area contributed by atoms with Gasteiger partial charge in [-0.1, -0.05) is 46.2 Å². The Balaban J connectivity index is 1.82. The van der Waals surface area contributed by atoms with Crippen molar-refractivity contribution in [1.82, 2.24) is 4.90 Å². The molecule has 1 aromatic rings. The predicted octanol–water partition coefficient (Wildman–Crippen LogP) is 2.30. The zero-order chi connectivity index (χ0) is 31.2. The Hall–Kier alpha value is -3.70. The maximum absolute atomic E-state index is 14.3. The third kappa shape index (κ3) is 3.93. The lowest BCUT2D eigenvalue weighted by atomic mass is 9.55. The van der Waals surface area contributed by atoms with Crippen molar-refractivity contribution >= 4 is 23.4 Å². The summed E-state index contributed by atoms with van der Waals surface area (Å²) in [5.74, 6) is -9.82. The molecular weight excluding hydrogens is 544 g/mol. The Morgan fingerprint density at radius 3 is 2.21 bits per heavy atom. The van der Waals surface area contributed by atoms with E-state index in [2.05, 4.69) is 0 Å². The number of fused-ring (bicyclic) bond motifs is 3. The first-order valence-corrected chi connectivity index (χ1v) is 14.2. The maximum Gasteiger partial charge on any atom is 0.309 e. The highest BCUT2D eigenvalue weighted by Crippen LogP contribution is 2.57. The molecule has 1 aromatic carbocycles. The van der Waals surface area contributed by atoms with Crippen molar-refractivity contribution < 1.29 is 44.3 Å². The average Bonchev–Trinajstić information content (AvgIpc) is 2.83. The molecule has 0 radical (unpaired) electrons. The van der Waals surface area contributed by atoms with Crippen LogP contribution in [-0.2, 0) is 24.5 Å². The van der Waals surface area contributed by atoms with Crippen molar-refractivity contribution in [2.24, 2.45) is 23.5 Å². The number of esters is 1. The van der Waals surface area contributed by atoms with Crippen LogP contribution in [0.15, 0.2) is 34.8 Å². The second-order valence-corrected chi connectivity index (χ2v) is 13.3. The van der Waals surface area contributed by atoms with E-state index in [4.69, 9.17) is 10.5 Å². The Kier molecular flexibility index (Phi) is 6.86. The molecule has 0 bridgehead atoms. The van der Waals surface area contributed by atoms with Gasteiger partial charge in [-0.2, -0.15) is 0 Å². The lowest BCUT2D eigenvalue weighted by Gasteiger charge is -2.54. The second-order valence-electron chi connectivity index (χ2n) is 13.3. The molecule has 0 saturated heterocycles. The summed E-state index contributed by atoms with van der Waals surface area (Å²) in [6.07, 6.45) is 0.619. The summed E-state index contributed by atoms with van der Waals surface area (Å²) < 4.78 is 6.07. The van der Waals surface area contributed by atoms with Crippen molar-refractivity contribution in [3.8, 4) is 5.75 Å². The van der Waals surface area contributed by atoms with Gasteiger partial charge in [0, 0.05) is 17.1 Å². The monoisotopic (exact) mass is 582 g/mol. The molecule has 4 aliphatic carbocycles. The minimum atomic E-state index is -2.95. The molecule has 1 fully saturated rings. The molecule has 11 nitrogen and oxygen atoms in total. The number of nitrogens with zero attached hydrogens (tertiary/aromatic N) is 1. The van der Waals surface area contributed by atoms with Gasteiger partial charge in [0.25, 0.3) is 5.91 Å². The van der Waals surface area contributed by atoms with Gasteiger partial charge in [0.15, 0.2) is 11.4 Å². The number of hydrogen-bond acceptors (Lipinski definition) is 10. The summed E-state index contributed by atoms with van der Waals surface area (Å²) in [7, 11) is 3.04. The Morgan fingerprint density at radius 2 is 1.71 bits per heavy atom. The van der Waals surface area contributed by atoms with Crippen LogP contribution >= 0.6 is 0 Å². The largest absolute Gasteiger partial charge is 0.510 e. The molecule has 42 heavy (non-hydrogen) atoms. The summed E-state index contributed by atoms with van der Waals surface area (Å²) >= 11 is 0. The average molecular weight is 583 g/mol. The number of carbonyl (C=O) groups is 4. The fraction of sp³-hybridized carbons (Fsp3) is 0.548. The van der Waals surface area contributed by atoms with Crippen molar-refractivity contribution in [2.75, 3.05) is 14.1 Å². The Labute approximate surface area is 243 Å². The van der Waals surface area contributed by atoms with Crippen molar-refractivity contribution in [1.29, 1.82) is 0 Å². The lowest BCUT2D eigenvalue weighted by molar-refractivity contribution is -0.185. The molecule has 0 heterocycles. The van der Waals surface area contributed by atoms with Crippen LogP contribution in [0, 0.1) is 17.8 Å². The number of rotatable bonds is 4. The first kappa shape index (κ1) is 29.8. The van der Waals surface area contributed by atoms with Gasteiger partial charge in [-0.3, -0.25) is 24.1 Å². The predicted molar refractivity (Wildman–Crippen MR) is 150 cm³/mol. The molecule has 0 aromatic heterocycles. The highest BCUT2D eigenvalue weighted by Gasteiger charge is 2.68. The number of ketones is 2. The summed E-state index contributed by atoms with van der Waals surface area (Å²) in [4.78, 5) is 55.2. The first-order chi connectivity index (χ1) is 19.5. The standard InChI is InChI=1S/C31H38N2O9/c1-12-14-10-11-15(30(2,3)4)22(34)17(14)23(35)18-16(12)25(42-29(40)13-8-7-9-13)20-21(33(5)6)24(36)19(28(32)39)27(38)31(20,41)26(18)37/h10-13,16,20-21,25,34,36-37,41H,7-9H2,1-6H3,(H2,32,39)/t12-,16+,20+,21-,25-,31-/m0/s1. The number of Topliss-reactive ketones (excluding diaryl/α,β-unsaturated/α-hetero) is 2. The fourth-order valence-corrected chi connectivity index (χ4v) is 7.21. The number of ether oxygens (including phenoxy) is 1. The molecule has 6 atom stereocenters. The normalized spacial score (nSPS) is 31.4. The zero-order valence-electron chi connectivity index (χ0n) is 24.6. The van der Waals surface area contributed by atoms with E-state index in [1.54, 1.807) is 19.1 Å². The highest BCUT2D eigenvalue weighted by molar-refractivity contribution is 6.25. The molecule has 6 N–H and O–H groups in total. The maximum atomic E-state index is 14.3. The van der Waals surface area contributed by atoms with Crippen LogP contribution in [0.3, 0.4) is 0 Å². The molecule has 4 aliphatic rings. The van der Waals surface area contributed by atoms with E-state index in [1.807, 2.05) is 20.8 Å². The summed E-state index contributed by atoms with van der Waals surface area (Å²) in [5, 5.41) is 46.4. The van der Waals surface area contributed by atoms with E-state index in [9.17, 15) is 39.6 Å². The fourth-order valence-electron chi connectivity index (χ4n) is 7.21.